The van der Waals surface area contributed by atoms with Gasteiger partial charge >= 0.3 is 0 Å². The van der Waals surface area contributed by atoms with Gasteiger partial charge in [-0.15, -0.1) is 0 Å². The van der Waals surface area contributed by atoms with Crippen molar-refractivity contribution in [3.8, 4) is 39.4 Å². The Morgan fingerprint density at radius 1 is 0.606 bits per heavy atom. The van der Waals surface area contributed by atoms with Crippen molar-refractivity contribution < 1.29 is 26.2 Å². The van der Waals surface area contributed by atoms with Crippen molar-refractivity contribution in [2.24, 2.45) is 0 Å². The van der Waals surface area contributed by atoms with E-state index in [-0.39, 0.29) is 26.8 Å². The Morgan fingerprint density at radius 2 is 1.33 bits per heavy atom. The molecule has 0 saturated heterocycles. The Morgan fingerprint density at radius 3 is 2.09 bits per heavy atom. The van der Waals surface area contributed by atoms with Gasteiger partial charge in [0.15, 0.2) is 0 Å². The number of hydrogen-bond acceptors (Lipinski definition) is 2. The van der Waals surface area contributed by atoms with E-state index in [1.165, 1.54) is 0 Å². The van der Waals surface area contributed by atoms with Crippen molar-refractivity contribution in [2.45, 2.75) is 0 Å². The van der Waals surface area contributed by atoms with E-state index < -0.39 is 0 Å². The van der Waals surface area contributed by atoms with Crippen LogP contribution in [0.3, 0.4) is 0 Å². The number of benzene rings is 5. The number of imidazole rings is 1. The zero-order chi connectivity index (χ0) is 21.5. The Hall–Kier alpha value is -3.68. The summed E-state index contributed by atoms with van der Waals surface area (Å²) in [6.07, 6.45) is 0. The molecule has 6 rings (SSSR count). The number of nitrogens with zero attached hydrogens (tertiary/aromatic N) is 2. The molecule has 0 fully saturated rings. The first-order chi connectivity index (χ1) is 15.8. The van der Waals surface area contributed by atoms with Crippen LogP contribution in [-0.4, -0.2) is 10.1 Å². The van der Waals surface area contributed by atoms with E-state index in [0.717, 1.165) is 49.6 Å². The number of aromatic hydroxyl groups is 1. The van der Waals surface area contributed by atoms with Crippen LogP contribution in [0.1, 0.15) is 0 Å². The summed E-state index contributed by atoms with van der Waals surface area (Å²) >= 11 is 0. The van der Waals surface area contributed by atoms with Crippen LogP contribution in [0.2, 0.25) is 0 Å². The molecule has 0 saturated carbocycles. The molecular weight excluding hydrogens is 576 g/mol. The van der Waals surface area contributed by atoms with Crippen LogP contribution in [0.25, 0.3) is 55.4 Å². The summed E-state index contributed by atoms with van der Waals surface area (Å²) in [7, 11) is 0. The smallest absolute Gasteiger partial charge is 0.124 e. The van der Waals surface area contributed by atoms with Crippen LogP contribution in [-0.2, 0) is 21.1 Å². The second-order valence-corrected chi connectivity index (χ2v) is 7.84. The normalized spacial score (nSPS) is 10.9. The molecule has 3 nitrogen and oxygen atoms in total. The molecule has 1 aromatic heterocycles. The SMILES string of the molecule is Oc1ccc(-c2ccccc2)c2cccc(-c3nc4ccc(-c5ccccc5)cc4[n-]3)c12.[W]. The summed E-state index contributed by atoms with van der Waals surface area (Å²) in [5.41, 5.74) is 6.95. The molecule has 0 spiro atoms. The molecular formula is C29H19N2OW-. The number of aromatic nitrogens is 2. The monoisotopic (exact) mass is 595 g/mol. The quantitative estimate of drug-likeness (QED) is 0.239. The molecule has 5 aromatic carbocycles. The van der Waals surface area contributed by atoms with E-state index in [1.807, 2.05) is 66.7 Å². The predicted molar refractivity (Wildman–Crippen MR) is 131 cm³/mol. The average Bonchev–Trinajstić information content (AvgIpc) is 3.28. The Balaban J connectivity index is 0.00000228. The third kappa shape index (κ3) is 3.75. The summed E-state index contributed by atoms with van der Waals surface area (Å²) in [5, 5.41) is 12.5. The topological polar surface area (TPSA) is 47.2 Å². The number of phenolic OH excluding ortho intramolecular Hbond substituents is 1. The zero-order valence-electron chi connectivity index (χ0n) is 17.6. The van der Waals surface area contributed by atoms with Crippen LogP contribution in [0.4, 0.5) is 0 Å². The minimum atomic E-state index is 0. The largest absolute Gasteiger partial charge is 0.507 e. The molecule has 4 heteroatoms. The van der Waals surface area contributed by atoms with Crippen LogP contribution in [0, 0.1) is 0 Å². The van der Waals surface area contributed by atoms with Gasteiger partial charge in [0.05, 0.1) is 0 Å². The molecule has 0 aliphatic rings. The minimum absolute atomic E-state index is 0. The molecule has 158 valence electrons. The first-order valence-electron chi connectivity index (χ1n) is 10.6. The third-order valence-electron chi connectivity index (χ3n) is 5.88. The van der Waals surface area contributed by atoms with Gasteiger partial charge in [0.25, 0.3) is 0 Å². The number of fused-ring (bicyclic) bond motifs is 2. The molecule has 0 aliphatic heterocycles. The zero-order valence-corrected chi connectivity index (χ0v) is 20.6. The minimum Gasteiger partial charge on any atom is -0.507 e. The van der Waals surface area contributed by atoms with E-state index >= 15 is 0 Å². The van der Waals surface area contributed by atoms with Crippen LogP contribution < -0.4 is 4.98 Å². The van der Waals surface area contributed by atoms with Crippen molar-refractivity contribution in [3.63, 3.8) is 0 Å². The summed E-state index contributed by atoms with van der Waals surface area (Å²) in [6.45, 7) is 0. The van der Waals surface area contributed by atoms with Crippen molar-refractivity contribution >= 4 is 21.8 Å². The van der Waals surface area contributed by atoms with E-state index in [4.69, 9.17) is 9.97 Å². The summed E-state index contributed by atoms with van der Waals surface area (Å²) in [4.78, 5) is 9.63. The molecule has 1 N–H and O–H groups in total. The van der Waals surface area contributed by atoms with Gasteiger partial charge in [-0.05, 0) is 50.3 Å². The average molecular weight is 595 g/mol. The van der Waals surface area contributed by atoms with Crippen molar-refractivity contribution in [2.75, 3.05) is 0 Å². The maximum absolute atomic E-state index is 10.8. The molecule has 6 aromatic rings. The van der Waals surface area contributed by atoms with Gasteiger partial charge < -0.3 is 15.1 Å². The predicted octanol–water partition coefficient (Wildman–Crippen LogP) is 7.05. The number of hydrogen-bond donors (Lipinski definition) is 1. The van der Waals surface area contributed by atoms with Crippen molar-refractivity contribution in [3.05, 3.63) is 109 Å². The Kier molecular flexibility index (Phi) is 5.58. The summed E-state index contributed by atoms with van der Waals surface area (Å²) in [6, 6.07) is 36.4. The molecule has 0 atom stereocenters. The van der Waals surface area contributed by atoms with Gasteiger partial charge in [0, 0.05) is 26.5 Å². The van der Waals surface area contributed by atoms with E-state index in [9.17, 15) is 5.11 Å². The fraction of sp³-hybridized carbons (Fsp3) is 0. The fourth-order valence-corrected chi connectivity index (χ4v) is 4.34. The third-order valence-corrected chi connectivity index (χ3v) is 5.88. The summed E-state index contributed by atoms with van der Waals surface area (Å²) < 4.78 is 0. The van der Waals surface area contributed by atoms with Gasteiger partial charge in [-0.1, -0.05) is 109 Å². The van der Waals surface area contributed by atoms with Crippen LogP contribution >= 0.6 is 0 Å². The Bertz CT molecular complexity index is 1570. The first kappa shape index (κ1) is 21.2. The van der Waals surface area contributed by atoms with Gasteiger partial charge in [-0.25, -0.2) is 0 Å². The first-order valence-corrected chi connectivity index (χ1v) is 10.6. The Labute approximate surface area is 206 Å². The molecule has 0 bridgehead atoms. The number of phenols is 1. The van der Waals surface area contributed by atoms with E-state index in [2.05, 4.69) is 36.4 Å². The van der Waals surface area contributed by atoms with E-state index in [1.54, 1.807) is 6.07 Å². The van der Waals surface area contributed by atoms with Crippen LogP contribution in [0.5, 0.6) is 5.75 Å². The molecule has 0 unspecified atom stereocenters. The van der Waals surface area contributed by atoms with Gasteiger partial charge in [-0.3, -0.25) is 0 Å². The second kappa shape index (κ2) is 8.69. The van der Waals surface area contributed by atoms with Crippen molar-refractivity contribution in [1.82, 2.24) is 9.97 Å². The molecule has 0 amide bonds. The fourth-order valence-electron chi connectivity index (χ4n) is 4.34. The number of rotatable bonds is 3. The maximum atomic E-state index is 10.8. The molecule has 33 heavy (non-hydrogen) atoms. The van der Waals surface area contributed by atoms with Gasteiger partial charge in [0.2, 0.25) is 0 Å². The van der Waals surface area contributed by atoms with Gasteiger partial charge in [0.1, 0.15) is 5.75 Å². The van der Waals surface area contributed by atoms with E-state index in [0.29, 0.717) is 5.82 Å². The maximum Gasteiger partial charge on any atom is 0.124 e. The van der Waals surface area contributed by atoms with Crippen molar-refractivity contribution in [1.29, 1.82) is 0 Å². The second-order valence-electron chi connectivity index (χ2n) is 7.84. The molecule has 0 radical (unpaired) electrons. The molecule has 1 heterocycles. The summed E-state index contributed by atoms with van der Waals surface area (Å²) in [5.74, 6) is 0.852. The molecule has 0 aliphatic carbocycles. The van der Waals surface area contributed by atoms with Crippen LogP contribution in [0.15, 0.2) is 109 Å². The standard InChI is InChI=1S/C29H19N2O.W/c32-27-17-15-22(20-10-5-2-6-11-20)23-12-7-13-24(28(23)27)29-30-25-16-14-21(18-26(25)31-29)19-8-3-1-4-9-19;/h1-18H,(H-,30,31,32);/q-1;. The van der Waals surface area contributed by atoms with Gasteiger partial charge in [-0.2, -0.15) is 0 Å².